The Bertz CT molecular complexity index is 649. The van der Waals surface area contributed by atoms with Gasteiger partial charge < -0.3 is 15.8 Å². The van der Waals surface area contributed by atoms with Gasteiger partial charge in [0.2, 0.25) is 5.91 Å². The number of nitrogen functional groups attached to an aromatic ring is 1. The van der Waals surface area contributed by atoms with Crippen molar-refractivity contribution in [3.05, 3.63) is 52.0 Å². The van der Waals surface area contributed by atoms with E-state index < -0.39 is 0 Å². The zero-order valence-corrected chi connectivity index (χ0v) is 13.4. The number of nitrogens with two attached hydrogens (primary N) is 1. The number of hydrogen-bond acceptors (Lipinski definition) is 3. The van der Waals surface area contributed by atoms with Crippen molar-refractivity contribution in [1.82, 2.24) is 0 Å². The van der Waals surface area contributed by atoms with Crippen molar-refractivity contribution in [3.8, 4) is 5.75 Å². The van der Waals surface area contributed by atoms with Crippen LogP contribution in [-0.2, 0) is 4.79 Å². The lowest BCUT2D eigenvalue weighted by Gasteiger charge is -2.10. The minimum Gasteiger partial charge on any atom is -0.491 e. The van der Waals surface area contributed by atoms with Crippen LogP contribution in [0.15, 0.2) is 46.9 Å². The van der Waals surface area contributed by atoms with Gasteiger partial charge in [-0.3, -0.25) is 4.79 Å². The quantitative estimate of drug-likeness (QED) is 0.780. The number of carbonyl (C=O) groups is 1. The van der Waals surface area contributed by atoms with E-state index in [4.69, 9.17) is 22.1 Å². The molecule has 6 heteroatoms. The maximum absolute atomic E-state index is 11.8. The lowest BCUT2D eigenvalue weighted by molar-refractivity contribution is -0.116. The minimum atomic E-state index is -0.166. The molecule has 1 amide bonds. The summed E-state index contributed by atoms with van der Waals surface area (Å²) < 4.78 is 6.36. The Kier molecular flexibility index (Phi) is 5.47. The number of carbonyl (C=O) groups excluding carboxylic acids is 1. The molecule has 0 aliphatic heterocycles. The Morgan fingerprint density at radius 1 is 1.29 bits per heavy atom. The first-order valence-corrected chi connectivity index (χ1v) is 7.45. The smallest absolute Gasteiger partial charge is 0.227 e. The lowest BCUT2D eigenvalue weighted by Crippen LogP contribution is -2.16. The van der Waals surface area contributed by atoms with E-state index in [2.05, 4.69) is 21.2 Å². The van der Waals surface area contributed by atoms with Crippen molar-refractivity contribution < 1.29 is 9.53 Å². The largest absolute Gasteiger partial charge is 0.491 e. The third kappa shape index (κ3) is 4.65. The molecule has 3 N–H and O–H groups in total. The number of rotatable bonds is 5. The van der Waals surface area contributed by atoms with Crippen LogP contribution >= 0.6 is 27.5 Å². The number of benzene rings is 2. The summed E-state index contributed by atoms with van der Waals surface area (Å²) in [6.45, 7) is 0.236. The Hall–Kier alpha value is -1.72. The third-order valence-corrected chi connectivity index (χ3v) is 3.50. The summed E-state index contributed by atoms with van der Waals surface area (Å²) in [5.41, 5.74) is 6.89. The molecule has 0 heterocycles. The maximum Gasteiger partial charge on any atom is 0.227 e. The lowest BCUT2D eigenvalue weighted by atomic mass is 10.2. The van der Waals surface area contributed by atoms with Gasteiger partial charge in [-0.15, -0.1) is 0 Å². The van der Waals surface area contributed by atoms with Gasteiger partial charge in [0.05, 0.1) is 29.4 Å². The molecule has 0 aliphatic rings. The number of nitrogens with one attached hydrogen (secondary N) is 1. The van der Waals surface area contributed by atoms with Crippen molar-refractivity contribution in [1.29, 1.82) is 0 Å². The Balaban J connectivity index is 1.83. The molecule has 0 saturated carbocycles. The van der Waals surface area contributed by atoms with Gasteiger partial charge in [0.25, 0.3) is 0 Å². The number of anilines is 2. The zero-order valence-electron chi connectivity index (χ0n) is 11.1. The van der Waals surface area contributed by atoms with Crippen LogP contribution < -0.4 is 15.8 Å². The molecule has 0 aliphatic carbocycles. The standard InChI is InChI=1S/C15H14BrClN2O2/c16-10-5-6-14(11(17)9-10)21-8-7-15(20)19-13-4-2-1-3-12(13)18/h1-6,9H,7-8,18H2,(H,19,20). The van der Waals surface area contributed by atoms with Crippen molar-refractivity contribution in [2.45, 2.75) is 6.42 Å². The first-order chi connectivity index (χ1) is 10.1. The molecule has 2 rings (SSSR count). The first-order valence-electron chi connectivity index (χ1n) is 6.28. The number of halogens is 2. The molecule has 0 atom stereocenters. The van der Waals surface area contributed by atoms with E-state index in [1.165, 1.54) is 0 Å². The summed E-state index contributed by atoms with van der Waals surface area (Å²) >= 11 is 9.34. The molecule has 4 nitrogen and oxygen atoms in total. The maximum atomic E-state index is 11.8. The topological polar surface area (TPSA) is 64.3 Å². The van der Waals surface area contributed by atoms with E-state index in [1.54, 1.807) is 24.3 Å². The molecule has 0 aromatic heterocycles. The molecular weight excluding hydrogens is 356 g/mol. The summed E-state index contributed by atoms with van der Waals surface area (Å²) in [6.07, 6.45) is 0.209. The van der Waals surface area contributed by atoms with Gasteiger partial charge in [-0.2, -0.15) is 0 Å². The molecule has 0 saturated heterocycles. The second-order valence-corrected chi connectivity index (χ2v) is 5.63. The third-order valence-electron chi connectivity index (χ3n) is 2.72. The van der Waals surface area contributed by atoms with Crippen molar-refractivity contribution >= 4 is 44.8 Å². The van der Waals surface area contributed by atoms with Crippen LogP contribution in [0.2, 0.25) is 5.02 Å². The summed E-state index contributed by atoms with van der Waals surface area (Å²) in [5.74, 6) is 0.382. The van der Waals surface area contributed by atoms with Crippen LogP contribution in [0.1, 0.15) is 6.42 Å². The van der Waals surface area contributed by atoms with E-state index in [9.17, 15) is 4.79 Å². The van der Waals surface area contributed by atoms with Gasteiger partial charge in [-0.25, -0.2) is 0 Å². The highest BCUT2D eigenvalue weighted by atomic mass is 79.9. The highest BCUT2D eigenvalue weighted by Crippen LogP contribution is 2.27. The van der Waals surface area contributed by atoms with Crippen LogP contribution in [-0.4, -0.2) is 12.5 Å². The highest BCUT2D eigenvalue weighted by molar-refractivity contribution is 9.10. The summed E-state index contributed by atoms with van der Waals surface area (Å²) in [4.78, 5) is 11.8. The van der Waals surface area contributed by atoms with E-state index >= 15 is 0 Å². The number of para-hydroxylation sites is 2. The average molecular weight is 370 g/mol. The summed E-state index contributed by atoms with van der Waals surface area (Å²) in [5, 5.41) is 3.23. The average Bonchev–Trinajstić information content (AvgIpc) is 2.44. The fraction of sp³-hybridized carbons (Fsp3) is 0.133. The van der Waals surface area contributed by atoms with Crippen LogP contribution in [0.5, 0.6) is 5.75 Å². The van der Waals surface area contributed by atoms with Gasteiger partial charge in [0.1, 0.15) is 5.75 Å². The SMILES string of the molecule is Nc1ccccc1NC(=O)CCOc1ccc(Br)cc1Cl. The second kappa shape index (κ2) is 7.33. The molecule has 0 fully saturated rings. The van der Waals surface area contributed by atoms with Crippen LogP contribution in [0.25, 0.3) is 0 Å². The fourth-order valence-corrected chi connectivity index (χ4v) is 2.40. The van der Waals surface area contributed by atoms with Gasteiger partial charge in [0.15, 0.2) is 0 Å². The zero-order chi connectivity index (χ0) is 15.2. The molecule has 0 unspecified atom stereocenters. The van der Waals surface area contributed by atoms with Crippen LogP contribution in [0.4, 0.5) is 11.4 Å². The Morgan fingerprint density at radius 2 is 2.05 bits per heavy atom. The van der Waals surface area contributed by atoms with E-state index in [0.29, 0.717) is 22.1 Å². The molecule has 2 aromatic carbocycles. The summed E-state index contributed by atoms with van der Waals surface area (Å²) in [6, 6.07) is 12.4. The predicted molar refractivity (Wildman–Crippen MR) is 88.7 cm³/mol. The van der Waals surface area contributed by atoms with Crippen molar-refractivity contribution in [3.63, 3.8) is 0 Å². The molecule has 0 spiro atoms. The van der Waals surface area contributed by atoms with E-state index in [0.717, 1.165) is 4.47 Å². The van der Waals surface area contributed by atoms with E-state index in [1.807, 2.05) is 18.2 Å². The number of hydrogen-bond donors (Lipinski definition) is 2. The van der Waals surface area contributed by atoms with Crippen molar-refractivity contribution in [2.24, 2.45) is 0 Å². The second-order valence-electron chi connectivity index (χ2n) is 4.31. The van der Waals surface area contributed by atoms with Gasteiger partial charge in [0, 0.05) is 4.47 Å². The first kappa shape index (κ1) is 15.7. The van der Waals surface area contributed by atoms with Crippen LogP contribution in [0, 0.1) is 0 Å². The minimum absolute atomic E-state index is 0.166. The molecule has 110 valence electrons. The predicted octanol–water partition coefficient (Wildman–Crippen LogP) is 4.09. The highest BCUT2D eigenvalue weighted by Gasteiger charge is 2.07. The molecule has 0 bridgehead atoms. The Morgan fingerprint density at radius 3 is 2.76 bits per heavy atom. The monoisotopic (exact) mass is 368 g/mol. The summed E-state index contributed by atoms with van der Waals surface area (Å²) in [7, 11) is 0. The Labute approximate surface area is 136 Å². The molecular formula is C15H14BrClN2O2. The number of ether oxygens (including phenoxy) is 1. The molecule has 2 aromatic rings. The fourth-order valence-electron chi connectivity index (χ4n) is 1.67. The van der Waals surface area contributed by atoms with E-state index in [-0.39, 0.29) is 18.9 Å². The van der Waals surface area contributed by atoms with Gasteiger partial charge in [-0.1, -0.05) is 39.7 Å². The van der Waals surface area contributed by atoms with Crippen molar-refractivity contribution in [2.75, 3.05) is 17.7 Å². The number of amides is 1. The van der Waals surface area contributed by atoms with Crippen LogP contribution in [0.3, 0.4) is 0 Å². The molecule has 0 radical (unpaired) electrons. The molecule has 21 heavy (non-hydrogen) atoms. The normalized spacial score (nSPS) is 10.2. The van der Waals surface area contributed by atoms with Gasteiger partial charge in [-0.05, 0) is 30.3 Å². The van der Waals surface area contributed by atoms with Gasteiger partial charge >= 0.3 is 0 Å².